The summed E-state index contributed by atoms with van der Waals surface area (Å²) in [7, 11) is -3.70. The Hall–Kier alpha value is -1.67. The molecular weight excluding hydrogens is 270 g/mol. The lowest BCUT2D eigenvalue weighted by molar-refractivity contribution is -0.120. The van der Waals surface area contributed by atoms with Crippen molar-refractivity contribution in [1.82, 2.24) is 15.2 Å². The van der Waals surface area contributed by atoms with Crippen molar-refractivity contribution in [1.29, 1.82) is 0 Å². The summed E-state index contributed by atoms with van der Waals surface area (Å²) in [4.78, 5) is 11.3. The molecule has 8 heteroatoms. The third-order valence-electron chi connectivity index (χ3n) is 2.32. The van der Waals surface area contributed by atoms with Gasteiger partial charge in [0.25, 0.3) is 0 Å². The summed E-state index contributed by atoms with van der Waals surface area (Å²) in [6.45, 7) is 6.89. The summed E-state index contributed by atoms with van der Waals surface area (Å²) in [5, 5.41) is 6.14. The zero-order valence-corrected chi connectivity index (χ0v) is 11.7. The molecule has 1 aromatic heterocycles. The molecule has 19 heavy (non-hydrogen) atoms. The average Bonchev–Trinajstić information content (AvgIpc) is 2.66. The first-order chi connectivity index (χ1) is 8.88. The van der Waals surface area contributed by atoms with Crippen LogP contribution in [0, 0.1) is 13.8 Å². The minimum absolute atomic E-state index is 0.00930. The molecule has 0 spiro atoms. The van der Waals surface area contributed by atoms with Gasteiger partial charge in [-0.25, -0.2) is 13.1 Å². The van der Waals surface area contributed by atoms with Gasteiger partial charge in [0.1, 0.15) is 10.6 Å². The second-order valence-electron chi connectivity index (χ2n) is 3.89. The Labute approximate surface area is 112 Å². The van der Waals surface area contributed by atoms with E-state index in [0.29, 0.717) is 12.2 Å². The van der Waals surface area contributed by atoms with Crippen LogP contribution in [0.5, 0.6) is 0 Å². The fourth-order valence-electron chi connectivity index (χ4n) is 1.50. The maximum atomic E-state index is 12.0. The third kappa shape index (κ3) is 4.18. The third-order valence-corrected chi connectivity index (χ3v) is 4.03. The van der Waals surface area contributed by atoms with Crippen LogP contribution in [0.4, 0.5) is 0 Å². The van der Waals surface area contributed by atoms with E-state index in [2.05, 4.69) is 21.8 Å². The Morgan fingerprint density at radius 1 is 1.47 bits per heavy atom. The minimum Gasteiger partial charge on any atom is -0.360 e. The number of aromatic nitrogens is 1. The number of amides is 1. The summed E-state index contributed by atoms with van der Waals surface area (Å²) < 4.78 is 31.1. The van der Waals surface area contributed by atoms with Crippen molar-refractivity contribution in [3.05, 3.63) is 24.1 Å². The zero-order chi connectivity index (χ0) is 14.5. The monoisotopic (exact) mass is 287 g/mol. The second kappa shape index (κ2) is 6.48. The van der Waals surface area contributed by atoms with Crippen LogP contribution in [0.1, 0.15) is 17.9 Å². The Bertz CT molecular complexity index is 543. The van der Waals surface area contributed by atoms with Gasteiger partial charge in [-0.1, -0.05) is 11.2 Å². The molecule has 7 nitrogen and oxygen atoms in total. The van der Waals surface area contributed by atoms with E-state index in [1.54, 1.807) is 13.0 Å². The lowest BCUT2D eigenvalue weighted by atomic mass is 10.4. The van der Waals surface area contributed by atoms with Gasteiger partial charge in [0.15, 0.2) is 5.76 Å². The van der Waals surface area contributed by atoms with Gasteiger partial charge in [-0.05, 0) is 13.8 Å². The molecule has 1 rings (SSSR count). The molecule has 0 atom stereocenters. The molecule has 0 aliphatic carbocycles. The summed E-state index contributed by atoms with van der Waals surface area (Å²) in [5.74, 6) is -0.0255. The van der Waals surface area contributed by atoms with Crippen LogP contribution in [0.25, 0.3) is 0 Å². The largest absolute Gasteiger partial charge is 0.360 e. The molecule has 0 bridgehead atoms. The number of carbonyl (C=O) groups is 1. The molecule has 0 aliphatic rings. The van der Waals surface area contributed by atoms with Gasteiger partial charge in [0.2, 0.25) is 15.9 Å². The molecule has 1 heterocycles. The Morgan fingerprint density at radius 3 is 2.68 bits per heavy atom. The van der Waals surface area contributed by atoms with Crippen molar-refractivity contribution in [2.45, 2.75) is 25.2 Å². The standard InChI is InChI=1S/C11H17N3O4S/c1-4-6-12-10(15)5-7-13-19(16,17)11-8(2)14-18-9(11)3/h4,13H,1,5-7H2,2-3H3,(H,12,15). The van der Waals surface area contributed by atoms with E-state index >= 15 is 0 Å². The second-order valence-corrected chi connectivity index (χ2v) is 5.60. The van der Waals surface area contributed by atoms with Gasteiger partial charge in [0, 0.05) is 19.5 Å². The smallest absolute Gasteiger partial charge is 0.245 e. The highest BCUT2D eigenvalue weighted by Crippen LogP contribution is 2.18. The molecule has 0 fully saturated rings. The molecular formula is C11H17N3O4S. The van der Waals surface area contributed by atoms with E-state index in [1.165, 1.54) is 6.92 Å². The molecule has 0 radical (unpaired) electrons. The van der Waals surface area contributed by atoms with Gasteiger partial charge < -0.3 is 9.84 Å². The zero-order valence-electron chi connectivity index (χ0n) is 10.9. The van der Waals surface area contributed by atoms with Crippen LogP contribution in [-0.2, 0) is 14.8 Å². The summed E-state index contributed by atoms with van der Waals surface area (Å²) in [5.41, 5.74) is 0.293. The van der Waals surface area contributed by atoms with E-state index in [-0.39, 0.29) is 29.5 Å². The van der Waals surface area contributed by atoms with E-state index < -0.39 is 10.0 Å². The number of nitrogens with zero attached hydrogens (tertiary/aromatic N) is 1. The van der Waals surface area contributed by atoms with Gasteiger partial charge in [0.05, 0.1) is 0 Å². The van der Waals surface area contributed by atoms with E-state index in [9.17, 15) is 13.2 Å². The average molecular weight is 287 g/mol. The summed E-state index contributed by atoms with van der Waals surface area (Å²) >= 11 is 0. The number of hydrogen-bond donors (Lipinski definition) is 2. The number of rotatable bonds is 7. The first-order valence-electron chi connectivity index (χ1n) is 5.68. The lowest BCUT2D eigenvalue weighted by Gasteiger charge is -2.06. The van der Waals surface area contributed by atoms with Gasteiger partial charge >= 0.3 is 0 Å². The van der Waals surface area contributed by atoms with E-state index in [0.717, 1.165) is 0 Å². The highest BCUT2D eigenvalue weighted by Gasteiger charge is 2.23. The van der Waals surface area contributed by atoms with Crippen molar-refractivity contribution < 1.29 is 17.7 Å². The Balaban J connectivity index is 2.58. The Morgan fingerprint density at radius 2 is 2.16 bits per heavy atom. The first kappa shape index (κ1) is 15.4. The van der Waals surface area contributed by atoms with Crippen molar-refractivity contribution in [2.75, 3.05) is 13.1 Å². The van der Waals surface area contributed by atoms with E-state index in [4.69, 9.17) is 4.52 Å². The van der Waals surface area contributed by atoms with Crippen LogP contribution < -0.4 is 10.0 Å². The highest BCUT2D eigenvalue weighted by atomic mass is 32.2. The number of carbonyl (C=O) groups excluding carboxylic acids is 1. The molecule has 0 saturated heterocycles. The molecule has 0 unspecified atom stereocenters. The first-order valence-corrected chi connectivity index (χ1v) is 7.17. The number of aryl methyl sites for hydroxylation is 2. The normalized spacial score (nSPS) is 11.3. The quantitative estimate of drug-likeness (QED) is 0.701. The number of sulfonamides is 1. The van der Waals surface area contributed by atoms with Gasteiger partial charge in [-0.3, -0.25) is 4.79 Å². The molecule has 1 aromatic rings. The number of hydrogen-bond acceptors (Lipinski definition) is 5. The van der Waals surface area contributed by atoms with Crippen LogP contribution >= 0.6 is 0 Å². The highest BCUT2D eigenvalue weighted by molar-refractivity contribution is 7.89. The van der Waals surface area contributed by atoms with E-state index in [1.807, 2.05) is 0 Å². The lowest BCUT2D eigenvalue weighted by Crippen LogP contribution is -2.31. The summed E-state index contributed by atoms with van der Waals surface area (Å²) in [6, 6.07) is 0. The van der Waals surface area contributed by atoms with Gasteiger partial charge in [-0.2, -0.15) is 0 Å². The van der Waals surface area contributed by atoms with Crippen LogP contribution in [-0.4, -0.2) is 32.6 Å². The fourth-order valence-corrected chi connectivity index (χ4v) is 2.86. The molecule has 1 amide bonds. The predicted octanol–water partition coefficient (Wildman–Crippen LogP) is 0.262. The van der Waals surface area contributed by atoms with Crippen molar-refractivity contribution in [3.63, 3.8) is 0 Å². The fraction of sp³-hybridized carbons (Fsp3) is 0.455. The molecule has 2 N–H and O–H groups in total. The Kier molecular flexibility index (Phi) is 5.25. The predicted molar refractivity (Wildman–Crippen MR) is 69.0 cm³/mol. The summed E-state index contributed by atoms with van der Waals surface area (Å²) in [6.07, 6.45) is 1.60. The minimum atomic E-state index is -3.70. The van der Waals surface area contributed by atoms with Crippen LogP contribution in [0.2, 0.25) is 0 Å². The molecule has 0 aromatic carbocycles. The van der Waals surface area contributed by atoms with Crippen molar-refractivity contribution in [3.8, 4) is 0 Å². The van der Waals surface area contributed by atoms with Crippen LogP contribution in [0.15, 0.2) is 22.1 Å². The van der Waals surface area contributed by atoms with Crippen molar-refractivity contribution >= 4 is 15.9 Å². The molecule has 106 valence electrons. The van der Waals surface area contributed by atoms with Crippen LogP contribution in [0.3, 0.4) is 0 Å². The topological polar surface area (TPSA) is 101 Å². The van der Waals surface area contributed by atoms with Crippen molar-refractivity contribution in [2.24, 2.45) is 0 Å². The SMILES string of the molecule is C=CCNC(=O)CCNS(=O)(=O)c1c(C)noc1C. The molecule has 0 saturated carbocycles. The maximum absolute atomic E-state index is 12.0. The maximum Gasteiger partial charge on any atom is 0.245 e. The van der Waals surface area contributed by atoms with Gasteiger partial charge in [-0.15, -0.1) is 6.58 Å². The number of nitrogens with one attached hydrogen (secondary N) is 2. The molecule has 0 aliphatic heterocycles.